The van der Waals surface area contributed by atoms with Crippen LogP contribution in [-0.4, -0.2) is 6.10 Å². The molecule has 1 aliphatic rings. The Bertz CT molecular complexity index is 336. The summed E-state index contributed by atoms with van der Waals surface area (Å²) in [6.45, 7) is 4.33. The zero-order valence-corrected chi connectivity index (χ0v) is 10.9. The molecule has 1 aromatic carbocycles. The zero-order valence-electron chi connectivity index (χ0n) is 10.9. The highest BCUT2D eigenvalue weighted by atomic mass is 16.5. The van der Waals surface area contributed by atoms with Crippen molar-refractivity contribution in [1.82, 2.24) is 0 Å². The molecule has 0 aromatic heterocycles. The summed E-state index contributed by atoms with van der Waals surface area (Å²) in [7, 11) is 0. The van der Waals surface area contributed by atoms with E-state index in [9.17, 15) is 0 Å². The number of rotatable bonds is 3. The predicted molar refractivity (Wildman–Crippen MR) is 71.1 cm³/mol. The first kappa shape index (κ1) is 12.4. The standard InChI is InChI=1S/C15H23NO/c1-11-3-7-14(8-4-11)17-15-9-5-13(6-10-15)12(2)16/h5-6,9-12,14H,3-4,7-8,16H2,1-2H3/t11?,12-,14?/m1/s1. The second-order valence-corrected chi connectivity index (χ2v) is 5.36. The van der Waals surface area contributed by atoms with Crippen molar-refractivity contribution in [1.29, 1.82) is 0 Å². The number of hydrogen-bond acceptors (Lipinski definition) is 2. The Labute approximate surface area is 104 Å². The van der Waals surface area contributed by atoms with Gasteiger partial charge in [0, 0.05) is 6.04 Å². The molecule has 2 nitrogen and oxygen atoms in total. The van der Waals surface area contributed by atoms with E-state index in [0.29, 0.717) is 6.10 Å². The Balaban J connectivity index is 1.90. The van der Waals surface area contributed by atoms with Crippen LogP contribution in [0.5, 0.6) is 5.75 Å². The molecule has 0 aliphatic heterocycles. The molecule has 0 heterocycles. The fraction of sp³-hybridized carbons (Fsp3) is 0.600. The summed E-state index contributed by atoms with van der Waals surface area (Å²) in [5.41, 5.74) is 6.98. The SMILES string of the molecule is CC1CCC(Oc2ccc([C@@H](C)N)cc2)CC1. The van der Waals surface area contributed by atoms with E-state index in [1.54, 1.807) is 0 Å². The van der Waals surface area contributed by atoms with Gasteiger partial charge in [-0.2, -0.15) is 0 Å². The van der Waals surface area contributed by atoms with E-state index in [1.807, 2.05) is 19.1 Å². The van der Waals surface area contributed by atoms with Crippen LogP contribution >= 0.6 is 0 Å². The summed E-state index contributed by atoms with van der Waals surface area (Å²) < 4.78 is 6.00. The number of nitrogens with two attached hydrogens (primary N) is 1. The van der Waals surface area contributed by atoms with E-state index < -0.39 is 0 Å². The van der Waals surface area contributed by atoms with Gasteiger partial charge < -0.3 is 10.5 Å². The van der Waals surface area contributed by atoms with Gasteiger partial charge >= 0.3 is 0 Å². The number of ether oxygens (including phenoxy) is 1. The average molecular weight is 233 g/mol. The van der Waals surface area contributed by atoms with Crippen LogP contribution in [-0.2, 0) is 0 Å². The maximum Gasteiger partial charge on any atom is 0.119 e. The summed E-state index contributed by atoms with van der Waals surface area (Å²) in [6, 6.07) is 8.30. The van der Waals surface area contributed by atoms with Crippen molar-refractivity contribution in [2.45, 2.75) is 51.7 Å². The van der Waals surface area contributed by atoms with Crippen LogP contribution in [0.25, 0.3) is 0 Å². The van der Waals surface area contributed by atoms with Crippen LogP contribution in [0.4, 0.5) is 0 Å². The fourth-order valence-corrected chi connectivity index (χ4v) is 2.39. The molecular formula is C15H23NO. The van der Waals surface area contributed by atoms with Crippen LogP contribution in [0.2, 0.25) is 0 Å². The van der Waals surface area contributed by atoms with Crippen molar-refractivity contribution in [3.63, 3.8) is 0 Å². The van der Waals surface area contributed by atoms with E-state index in [2.05, 4.69) is 19.1 Å². The molecule has 0 spiro atoms. The first-order chi connectivity index (χ1) is 8.15. The molecule has 0 saturated heterocycles. The van der Waals surface area contributed by atoms with E-state index in [0.717, 1.165) is 17.2 Å². The lowest BCUT2D eigenvalue weighted by atomic mass is 9.89. The summed E-state index contributed by atoms with van der Waals surface area (Å²) in [5.74, 6) is 1.85. The normalized spacial score (nSPS) is 26.5. The van der Waals surface area contributed by atoms with Gasteiger partial charge in [-0.1, -0.05) is 19.1 Å². The van der Waals surface area contributed by atoms with E-state index in [-0.39, 0.29) is 6.04 Å². The van der Waals surface area contributed by atoms with Gasteiger partial charge in [-0.05, 0) is 56.2 Å². The van der Waals surface area contributed by atoms with Gasteiger partial charge in [0.05, 0.1) is 6.10 Å². The van der Waals surface area contributed by atoms with Crippen molar-refractivity contribution >= 4 is 0 Å². The second kappa shape index (κ2) is 5.54. The van der Waals surface area contributed by atoms with Crippen LogP contribution < -0.4 is 10.5 Å². The smallest absolute Gasteiger partial charge is 0.119 e. The molecule has 0 amide bonds. The number of hydrogen-bond donors (Lipinski definition) is 1. The third kappa shape index (κ3) is 3.47. The summed E-state index contributed by atoms with van der Waals surface area (Å²) in [4.78, 5) is 0. The van der Waals surface area contributed by atoms with Gasteiger partial charge in [-0.3, -0.25) is 0 Å². The molecule has 1 fully saturated rings. The second-order valence-electron chi connectivity index (χ2n) is 5.36. The van der Waals surface area contributed by atoms with Crippen molar-refractivity contribution in [2.75, 3.05) is 0 Å². The minimum absolute atomic E-state index is 0.0968. The highest BCUT2D eigenvalue weighted by Crippen LogP contribution is 2.27. The van der Waals surface area contributed by atoms with Crippen LogP contribution in [0.1, 0.15) is 51.1 Å². The summed E-state index contributed by atoms with van der Waals surface area (Å²) in [5, 5.41) is 0. The Hall–Kier alpha value is -1.02. The van der Waals surface area contributed by atoms with Crippen molar-refractivity contribution in [3.8, 4) is 5.75 Å². The maximum absolute atomic E-state index is 6.00. The molecule has 2 N–H and O–H groups in total. The van der Waals surface area contributed by atoms with Crippen molar-refractivity contribution in [3.05, 3.63) is 29.8 Å². The molecule has 1 aliphatic carbocycles. The molecule has 94 valence electrons. The largest absolute Gasteiger partial charge is 0.490 e. The van der Waals surface area contributed by atoms with Crippen molar-refractivity contribution < 1.29 is 4.74 Å². The highest BCUT2D eigenvalue weighted by Gasteiger charge is 2.19. The third-order valence-corrected chi connectivity index (χ3v) is 3.67. The highest BCUT2D eigenvalue weighted by molar-refractivity contribution is 5.28. The van der Waals surface area contributed by atoms with Gasteiger partial charge in [0.1, 0.15) is 5.75 Å². The maximum atomic E-state index is 6.00. The van der Waals surface area contributed by atoms with Crippen LogP contribution in [0, 0.1) is 5.92 Å². The van der Waals surface area contributed by atoms with Crippen molar-refractivity contribution in [2.24, 2.45) is 11.7 Å². The predicted octanol–water partition coefficient (Wildman–Crippen LogP) is 3.66. The van der Waals surface area contributed by atoms with Gasteiger partial charge in [0.2, 0.25) is 0 Å². The number of benzene rings is 1. The first-order valence-electron chi connectivity index (χ1n) is 6.67. The lowest BCUT2D eigenvalue weighted by molar-refractivity contribution is 0.135. The Morgan fingerprint density at radius 3 is 2.24 bits per heavy atom. The lowest BCUT2D eigenvalue weighted by Gasteiger charge is -2.27. The molecule has 2 heteroatoms. The molecule has 0 radical (unpaired) electrons. The van der Waals surface area contributed by atoms with Gasteiger partial charge in [0.15, 0.2) is 0 Å². The monoisotopic (exact) mass is 233 g/mol. The lowest BCUT2D eigenvalue weighted by Crippen LogP contribution is -2.23. The molecule has 0 bridgehead atoms. The van der Waals surface area contributed by atoms with E-state index in [4.69, 9.17) is 10.5 Å². The Kier molecular flexibility index (Phi) is 4.06. The average Bonchev–Trinajstić information content (AvgIpc) is 2.33. The van der Waals surface area contributed by atoms with Crippen LogP contribution in [0.3, 0.4) is 0 Å². The van der Waals surface area contributed by atoms with Gasteiger partial charge in [-0.25, -0.2) is 0 Å². The quantitative estimate of drug-likeness (QED) is 0.864. The molecule has 1 saturated carbocycles. The fourth-order valence-electron chi connectivity index (χ4n) is 2.39. The first-order valence-corrected chi connectivity index (χ1v) is 6.67. The molecule has 17 heavy (non-hydrogen) atoms. The summed E-state index contributed by atoms with van der Waals surface area (Å²) >= 11 is 0. The van der Waals surface area contributed by atoms with Gasteiger partial charge in [0.25, 0.3) is 0 Å². The molecular weight excluding hydrogens is 210 g/mol. The zero-order chi connectivity index (χ0) is 12.3. The summed E-state index contributed by atoms with van der Waals surface area (Å²) in [6.07, 6.45) is 5.38. The Morgan fingerprint density at radius 2 is 1.71 bits per heavy atom. The minimum atomic E-state index is 0.0968. The third-order valence-electron chi connectivity index (χ3n) is 3.67. The van der Waals surface area contributed by atoms with Gasteiger partial charge in [-0.15, -0.1) is 0 Å². The van der Waals surface area contributed by atoms with E-state index in [1.165, 1.54) is 25.7 Å². The van der Waals surface area contributed by atoms with Crippen LogP contribution in [0.15, 0.2) is 24.3 Å². The molecule has 0 unspecified atom stereocenters. The minimum Gasteiger partial charge on any atom is -0.490 e. The topological polar surface area (TPSA) is 35.2 Å². The van der Waals surface area contributed by atoms with E-state index >= 15 is 0 Å². The molecule has 1 aromatic rings. The molecule has 1 atom stereocenters. The molecule has 2 rings (SSSR count). The Morgan fingerprint density at radius 1 is 1.12 bits per heavy atom.